The zero-order valence-electron chi connectivity index (χ0n) is 10.3. The molecule has 0 bridgehead atoms. The molecule has 0 radical (unpaired) electrons. The van der Waals surface area contributed by atoms with Crippen molar-refractivity contribution in [2.45, 2.75) is 19.3 Å². The fraction of sp³-hybridized carbons (Fsp3) is 0.357. The van der Waals surface area contributed by atoms with Gasteiger partial charge in [-0.15, -0.1) is 0 Å². The quantitative estimate of drug-likeness (QED) is 0.797. The molecule has 1 aliphatic carbocycles. The Morgan fingerprint density at radius 3 is 2.47 bits per heavy atom. The molecule has 0 fully saturated rings. The van der Waals surface area contributed by atoms with E-state index in [9.17, 15) is 0 Å². The van der Waals surface area contributed by atoms with Crippen LogP contribution in [-0.4, -0.2) is 19.9 Å². The van der Waals surface area contributed by atoms with Crippen LogP contribution in [0.15, 0.2) is 41.1 Å². The van der Waals surface area contributed by atoms with Gasteiger partial charge in [0.05, 0.1) is 25.6 Å². The van der Waals surface area contributed by atoms with Crippen molar-refractivity contribution in [3.63, 3.8) is 0 Å². The first-order valence-corrected chi connectivity index (χ1v) is 5.79. The SMILES string of the molecule is COC1=CCCCC1=Nc1ccc(OC)cc1. The lowest BCUT2D eigenvalue weighted by Crippen LogP contribution is -2.08. The van der Waals surface area contributed by atoms with Gasteiger partial charge in [0.15, 0.2) is 0 Å². The number of methoxy groups -OCH3 is 2. The first-order chi connectivity index (χ1) is 8.33. The van der Waals surface area contributed by atoms with Crippen LogP contribution in [0.3, 0.4) is 0 Å². The zero-order chi connectivity index (χ0) is 12.1. The largest absolute Gasteiger partial charge is 0.497 e. The van der Waals surface area contributed by atoms with E-state index in [4.69, 9.17) is 9.47 Å². The molecule has 3 nitrogen and oxygen atoms in total. The van der Waals surface area contributed by atoms with Gasteiger partial charge < -0.3 is 9.47 Å². The number of ether oxygens (including phenoxy) is 2. The fourth-order valence-electron chi connectivity index (χ4n) is 1.87. The Morgan fingerprint density at radius 2 is 1.82 bits per heavy atom. The van der Waals surface area contributed by atoms with Gasteiger partial charge in [-0.1, -0.05) is 0 Å². The highest BCUT2D eigenvalue weighted by Gasteiger charge is 2.11. The molecular formula is C14H17NO2. The summed E-state index contributed by atoms with van der Waals surface area (Å²) in [6.45, 7) is 0. The zero-order valence-corrected chi connectivity index (χ0v) is 10.3. The third-order valence-corrected chi connectivity index (χ3v) is 2.79. The first-order valence-electron chi connectivity index (χ1n) is 5.79. The van der Waals surface area contributed by atoms with E-state index in [1.54, 1.807) is 14.2 Å². The molecule has 0 unspecified atom stereocenters. The van der Waals surface area contributed by atoms with Crippen molar-refractivity contribution in [1.82, 2.24) is 0 Å². The lowest BCUT2D eigenvalue weighted by molar-refractivity contribution is 0.309. The predicted octanol–water partition coefficient (Wildman–Crippen LogP) is 3.48. The van der Waals surface area contributed by atoms with Gasteiger partial charge in [0, 0.05) is 0 Å². The van der Waals surface area contributed by atoms with E-state index in [1.807, 2.05) is 24.3 Å². The molecule has 0 N–H and O–H groups in total. The van der Waals surface area contributed by atoms with Gasteiger partial charge in [-0.2, -0.15) is 0 Å². The number of aliphatic imine (C=N–C) groups is 1. The van der Waals surface area contributed by atoms with E-state index in [0.717, 1.165) is 42.2 Å². The maximum absolute atomic E-state index is 5.33. The average Bonchev–Trinajstić information content (AvgIpc) is 2.40. The molecule has 1 aromatic carbocycles. The normalized spacial score (nSPS) is 17.8. The van der Waals surface area contributed by atoms with Gasteiger partial charge in [0.25, 0.3) is 0 Å². The molecule has 1 aliphatic rings. The molecule has 0 saturated carbocycles. The minimum atomic E-state index is 0.847. The van der Waals surface area contributed by atoms with Crippen molar-refractivity contribution < 1.29 is 9.47 Å². The van der Waals surface area contributed by atoms with Crippen LogP contribution in [0.25, 0.3) is 0 Å². The van der Waals surface area contributed by atoms with Crippen molar-refractivity contribution in [2.75, 3.05) is 14.2 Å². The van der Waals surface area contributed by atoms with Gasteiger partial charge in [-0.3, -0.25) is 0 Å². The maximum Gasteiger partial charge on any atom is 0.136 e. The highest BCUT2D eigenvalue weighted by molar-refractivity contribution is 6.00. The van der Waals surface area contributed by atoms with E-state index < -0.39 is 0 Å². The standard InChI is InChI=1S/C14H17NO2/c1-16-12-9-7-11(8-10-12)15-13-5-3-4-6-14(13)17-2/h6-10H,3-5H2,1-2H3. The van der Waals surface area contributed by atoms with Crippen molar-refractivity contribution >= 4 is 11.4 Å². The third-order valence-electron chi connectivity index (χ3n) is 2.79. The molecule has 1 aromatic rings. The second-order valence-electron chi connectivity index (χ2n) is 3.92. The predicted molar refractivity (Wildman–Crippen MR) is 69.0 cm³/mol. The van der Waals surface area contributed by atoms with Crippen LogP contribution in [-0.2, 0) is 4.74 Å². The smallest absolute Gasteiger partial charge is 0.136 e. The number of nitrogens with zero attached hydrogens (tertiary/aromatic N) is 1. The van der Waals surface area contributed by atoms with Crippen LogP contribution >= 0.6 is 0 Å². The van der Waals surface area contributed by atoms with Gasteiger partial charge in [0.2, 0.25) is 0 Å². The summed E-state index contributed by atoms with van der Waals surface area (Å²) in [5.74, 6) is 1.76. The van der Waals surface area contributed by atoms with Crippen molar-refractivity contribution in [3.05, 3.63) is 36.1 Å². The molecule has 0 saturated heterocycles. The Labute approximate surface area is 102 Å². The number of allylic oxidation sites excluding steroid dienone is 2. The van der Waals surface area contributed by atoms with E-state index in [-0.39, 0.29) is 0 Å². The lowest BCUT2D eigenvalue weighted by atomic mass is 10.0. The van der Waals surface area contributed by atoms with Gasteiger partial charge in [-0.25, -0.2) is 4.99 Å². The summed E-state index contributed by atoms with van der Waals surface area (Å²) in [4.78, 5) is 4.61. The molecule has 0 aromatic heterocycles. The monoisotopic (exact) mass is 231 g/mol. The van der Waals surface area contributed by atoms with E-state index in [2.05, 4.69) is 11.1 Å². The second-order valence-corrected chi connectivity index (χ2v) is 3.92. The summed E-state index contributed by atoms with van der Waals surface area (Å²) in [7, 11) is 3.36. The Balaban J connectivity index is 2.22. The fourth-order valence-corrected chi connectivity index (χ4v) is 1.87. The summed E-state index contributed by atoms with van der Waals surface area (Å²) in [5.41, 5.74) is 1.97. The highest BCUT2D eigenvalue weighted by Crippen LogP contribution is 2.22. The Hall–Kier alpha value is -1.77. The summed E-state index contributed by atoms with van der Waals surface area (Å²) in [6.07, 6.45) is 5.30. The Bertz CT molecular complexity index is 432. The molecular weight excluding hydrogens is 214 g/mol. The van der Waals surface area contributed by atoms with Gasteiger partial charge in [-0.05, 0) is 49.6 Å². The molecule has 0 spiro atoms. The number of hydrogen-bond acceptors (Lipinski definition) is 3. The number of hydrogen-bond donors (Lipinski definition) is 0. The number of rotatable bonds is 3. The van der Waals surface area contributed by atoms with E-state index in [0.29, 0.717) is 0 Å². The molecule has 2 rings (SSSR count). The Morgan fingerprint density at radius 1 is 1.06 bits per heavy atom. The minimum Gasteiger partial charge on any atom is -0.497 e. The maximum atomic E-state index is 5.33. The number of benzene rings is 1. The average molecular weight is 231 g/mol. The molecule has 0 amide bonds. The first kappa shape index (κ1) is 11.7. The topological polar surface area (TPSA) is 30.8 Å². The lowest BCUT2D eigenvalue weighted by Gasteiger charge is -2.14. The van der Waals surface area contributed by atoms with Crippen LogP contribution in [0.1, 0.15) is 19.3 Å². The molecule has 3 heteroatoms. The second kappa shape index (κ2) is 5.53. The van der Waals surface area contributed by atoms with Crippen LogP contribution in [0.4, 0.5) is 5.69 Å². The summed E-state index contributed by atoms with van der Waals surface area (Å²) in [6, 6.07) is 7.73. The minimum absolute atomic E-state index is 0.847. The van der Waals surface area contributed by atoms with Crippen molar-refractivity contribution in [1.29, 1.82) is 0 Å². The van der Waals surface area contributed by atoms with Crippen molar-refractivity contribution in [3.8, 4) is 5.75 Å². The molecule has 0 atom stereocenters. The summed E-state index contributed by atoms with van der Waals surface area (Å²) >= 11 is 0. The van der Waals surface area contributed by atoms with Gasteiger partial charge in [0.1, 0.15) is 11.5 Å². The van der Waals surface area contributed by atoms with Crippen LogP contribution in [0.5, 0.6) is 5.75 Å². The Kier molecular flexibility index (Phi) is 3.81. The third kappa shape index (κ3) is 2.87. The summed E-state index contributed by atoms with van der Waals surface area (Å²) in [5, 5.41) is 0. The van der Waals surface area contributed by atoms with Gasteiger partial charge >= 0.3 is 0 Å². The van der Waals surface area contributed by atoms with E-state index in [1.165, 1.54) is 0 Å². The van der Waals surface area contributed by atoms with Crippen LogP contribution < -0.4 is 4.74 Å². The highest BCUT2D eigenvalue weighted by atomic mass is 16.5. The van der Waals surface area contributed by atoms with Crippen LogP contribution in [0.2, 0.25) is 0 Å². The van der Waals surface area contributed by atoms with Crippen molar-refractivity contribution in [2.24, 2.45) is 4.99 Å². The molecule has 90 valence electrons. The molecule has 0 heterocycles. The van der Waals surface area contributed by atoms with E-state index >= 15 is 0 Å². The molecule has 17 heavy (non-hydrogen) atoms. The molecule has 0 aliphatic heterocycles. The summed E-state index contributed by atoms with van der Waals surface area (Å²) < 4.78 is 10.4. The van der Waals surface area contributed by atoms with Crippen LogP contribution in [0, 0.1) is 0 Å².